The second kappa shape index (κ2) is 11.8. The SMILES string of the molecule is CCOc1cccc(OCCCN(CC)CC)c1C(=O)Nc1ccc(C)c(C(F)(F)F)c1. The number of amides is 1. The van der Waals surface area contributed by atoms with E-state index in [0.29, 0.717) is 24.7 Å². The Morgan fingerprint density at radius 1 is 1.03 bits per heavy atom. The first-order valence-corrected chi connectivity index (χ1v) is 10.8. The van der Waals surface area contributed by atoms with Gasteiger partial charge in [0.15, 0.2) is 0 Å². The standard InChI is InChI=1S/C24H31F3N2O3/c1-5-29(6-2)14-9-15-32-21-11-8-10-20(31-7-3)22(21)23(30)28-18-13-12-17(4)19(16-18)24(25,26)27/h8,10-13,16H,5-7,9,14-15H2,1-4H3,(H,28,30). The Bertz CT molecular complexity index is 897. The number of ether oxygens (including phenoxy) is 2. The lowest BCUT2D eigenvalue weighted by atomic mass is 10.1. The smallest absolute Gasteiger partial charge is 0.416 e. The summed E-state index contributed by atoms with van der Waals surface area (Å²) in [5.74, 6) is 0.0512. The van der Waals surface area contributed by atoms with Gasteiger partial charge in [-0.15, -0.1) is 0 Å². The van der Waals surface area contributed by atoms with Gasteiger partial charge >= 0.3 is 6.18 Å². The van der Waals surface area contributed by atoms with E-state index in [2.05, 4.69) is 24.1 Å². The zero-order valence-electron chi connectivity index (χ0n) is 19.0. The van der Waals surface area contributed by atoms with Crippen LogP contribution in [0.3, 0.4) is 0 Å². The number of nitrogens with one attached hydrogen (secondary N) is 1. The molecule has 32 heavy (non-hydrogen) atoms. The Labute approximate surface area is 187 Å². The molecular weight excluding hydrogens is 421 g/mol. The molecule has 0 radical (unpaired) electrons. The van der Waals surface area contributed by atoms with Crippen LogP contribution in [0.5, 0.6) is 11.5 Å². The summed E-state index contributed by atoms with van der Waals surface area (Å²) in [6.07, 6.45) is -3.73. The third kappa shape index (κ3) is 6.88. The maximum atomic E-state index is 13.2. The highest BCUT2D eigenvalue weighted by atomic mass is 19.4. The number of carbonyl (C=O) groups excluding carboxylic acids is 1. The van der Waals surface area contributed by atoms with Crippen molar-refractivity contribution in [3.8, 4) is 11.5 Å². The van der Waals surface area contributed by atoms with Gasteiger partial charge in [0.2, 0.25) is 0 Å². The molecule has 176 valence electrons. The van der Waals surface area contributed by atoms with Crippen LogP contribution >= 0.6 is 0 Å². The Balaban J connectivity index is 2.23. The van der Waals surface area contributed by atoms with Gasteiger partial charge < -0.3 is 19.7 Å². The van der Waals surface area contributed by atoms with Crippen LogP contribution in [0, 0.1) is 6.92 Å². The highest BCUT2D eigenvalue weighted by molar-refractivity contribution is 6.08. The van der Waals surface area contributed by atoms with E-state index in [9.17, 15) is 18.0 Å². The summed E-state index contributed by atoms with van der Waals surface area (Å²) in [6.45, 7) is 10.8. The lowest BCUT2D eigenvalue weighted by molar-refractivity contribution is -0.138. The highest BCUT2D eigenvalue weighted by Crippen LogP contribution is 2.34. The Morgan fingerprint density at radius 3 is 2.28 bits per heavy atom. The van der Waals surface area contributed by atoms with Gasteiger partial charge in [-0.2, -0.15) is 13.2 Å². The number of rotatable bonds is 11. The molecule has 0 unspecified atom stereocenters. The van der Waals surface area contributed by atoms with Crippen LogP contribution < -0.4 is 14.8 Å². The first-order valence-electron chi connectivity index (χ1n) is 10.8. The molecule has 0 atom stereocenters. The Morgan fingerprint density at radius 2 is 1.69 bits per heavy atom. The molecule has 0 aliphatic heterocycles. The lowest BCUT2D eigenvalue weighted by Crippen LogP contribution is -2.25. The van der Waals surface area contributed by atoms with E-state index in [0.717, 1.165) is 32.1 Å². The molecule has 2 aromatic carbocycles. The van der Waals surface area contributed by atoms with Crippen molar-refractivity contribution in [1.29, 1.82) is 0 Å². The predicted octanol–water partition coefficient (Wildman–Crippen LogP) is 5.78. The number of hydrogen-bond acceptors (Lipinski definition) is 4. The fraction of sp³-hybridized carbons (Fsp3) is 0.458. The molecule has 8 heteroatoms. The molecule has 0 aromatic heterocycles. The second-order valence-electron chi connectivity index (χ2n) is 7.27. The van der Waals surface area contributed by atoms with Gasteiger partial charge in [-0.3, -0.25) is 4.79 Å². The van der Waals surface area contributed by atoms with Crippen molar-refractivity contribution >= 4 is 11.6 Å². The zero-order chi connectivity index (χ0) is 23.7. The number of nitrogens with zero attached hydrogens (tertiary/aromatic N) is 1. The van der Waals surface area contributed by atoms with E-state index in [4.69, 9.17) is 9.47 Å². The number of aryl methyl sites for hydroxylation is 1. The number of halogens is 3. The number of anilines is 1. The molecule has 1 amide bonds. The van der Waals surface area contributed by atoms with Crippen molar-refractivity contribution in [2.75, 3.05) is 38.2 Å². The topological polar surface area (TPSA) is 50.8 Å². The monoisotopic (exact) mass is 452 g/mol. The van der Waals surface area contributed by atoms with Crippen LogP contribution in [0.25, 0.3) is 0 Å². The normalized spacial score (nSPS) is 11.5. The number of benzene rings is 2. The minimum atomic E-state index is -4.51. The van der Waals surface area contributed by atoms with Crippen molar-refractivity contribution < 1.29 is 27.4 Å². The van der Waals surface area contributed by atoms with E-state index < -0.39 is 17.6 Å². The lowest BCUT2D eigenvalue weighted by Gasteiger charge is -2.19. The zero-order valence-corrected chi connectivity index (χ0v) is 19.0. The third-order valence-electron chi connectivity index (χ3n) is 5.09. The van der Waals surface area contributed by atoms with Gasteiger partial charge in [-0.1, -0.05) is 26.0 Å². The average molecular weight is 453 g/mol. The number of carbonyl (C=O) groups is 1. The van der Waals surface area contributed by atoms with E-state index in [-0.39, 0.29) is 16.8 Å². The Hall–Kier alpha value is -2.74. The van der Waals surface area contributed by atoms with E-state index in [1.165, 1.54) is 19.1 Å². The molecular formula is C24H31F3N2O3. The molecule has 5 nitrogen and oxygen atoms in total. The van der Waals surface area contributed by atoms with Crippen LogP contribution in [0.4, 0.5) is 18.9 Å². The number of alkyl halides is 3. The van der Waals surface area contributed by atoms with Crippen molar-refractivity contribution in [3.05, 3.63) is 53.1 Å². The van der Waals surface area contributed by atoms with Gasteiger partial charge in [0.25, 0.3) is 5.91 Å². The molecule has 1 N–H and O–H groups in total. The van der Waals surface area contributed by atoms with Crippen LogP contribution in [0.2, 0.25) is 0 Å². The minimum absolute atomic E-state index is 0.0479. The molecule has 0 bridgehead atoms. The van der Waals surface area contributed by atoms with Gasteiger partial charge in [-0.25, -0.2) is 0 Å². The van der Waals surface area contributed by atoms with Crippen molar-refractivity contribution in [2.24, 2.45) is 0 Å². The average Bonchev–Trinajstić information content (AvgIpc) is 2.74. The van der Waals surface area contributed by atoms with Gasteiger partial charge in [0, 0.05) is 12.2 Å². The summed E-state index contributed by atoms with van der Waals surface area (Å²) in [4.78, 5) is 15.3. The summed E-state index contributed by atoms with van der Waals surface area (Å²) < 4.78 is 51.2. The summed E-state index contributed by atoms with van der Waals surface area (Å²) in [6, 6.07) is 8.72. The van der Waals surface area contributed by atoms with E-state index >= 15 is 0 Å². The van der Waals surface area contributed by atoms with Gasteiger partial charge in [-0.05, 0) is 63.2 Å². The van der Waals surface area contributed by atoms with Crippen molar-refractivity contribution in [1.82, 2.24) is 4.90 Å². The van der Waals surface area contributed by atoms with E-state index in [1.807, 2.05) is 0 Å². The fourth-order valence-electron chi connectivity index (χ4n) is 3.34. The molecule has 0 aliphatic carbocycles. The summed E-state index contributed by atoms with van der Waals surface area (Å²) in [5.41, 5.74) is -0.498. The molecule has 0 saturated heterocycles. The summed E-state index contributed by atoms with van der Waals surface area (Å²) >= 11 is 0. The van der Waals surface area contributed by atoms with Crippen LogP contribution in [-0.4, -0.2) is 43.7 Å². The highest BCUT2D eigenvalue weighted by Gasteiger charge is 2.32. The van der Waals surface area contributed by atoms with Crippen molar-refractivity contribution in [2.45, 2.75) is 40.3 Å². The molecule has 0 saturated carbocycles. The first kappa shape index (κ1) is 25.5. The van der Waals surface area contributed by atoms with E-state index in [1.54, 1.807) is 25.1 Å². The maximum absolute atomic E-state index is 13.2. The molecule has 2 rings (SSSR count). The summed E-state index contributed by atoms with van der Waals surface area (Å²) in [7, 11) is 0. The molecule has 0 aliphatic rings. The molecule has 0 heterocycles. The maximum Gasteiger partial charge on any atom is 0.416 e. The molecule has 0 spiro atoms. The number of hydrogen-bond donors (Lipinski definition) is 1. The largest absolute Gasteiger partial charge is 0.493 e. The summed E-state index contributed by atoms with van der Waals surface area (Å²) in [5, 5.41) is 2.56. The third-order valence-corrected chi connectivity index (χ3v) is 5.09. The van der Waals surface area contributed by atoms with Crippen LogP contribution in [0.1, 0.15) is 48.7 Å². The first-order chi connectivity index (χ1) is 15.2. The van der Waals surface area contributed by atoms with Gasteiger partial charge in [0.1, 0.15) is 17.1 Å². The van der Waals surface area contributed by atoms with Gasteiger partial charge in [0.05, 0.1) is 18.8 Å². The van der Waals surface area contributed by atoms with Crippen LogP contribution in [-0.2, 0) is 6.18 Å². The van der Waals surface area contributed by atoms with Crippen molar-refractivity contribution in [3.63, 3.8) is 0 Å². The fourth-order valence-corrected chi connectivity index (χ4v) is 3.34. The van der Waals surface area contributed by atoms with Crippen LogP contribution in [0.15, 0.2) is 36.4 Å². The Kier molecular flexibility index (Phi) is 9.38. The quantitative estimate of drug-likeness (QED) is 0.440. The minimum Gasteiger partial charge on any atom is -0.493 e. The predicted molar refractivity (Wildman–Crippen MR) is 120 cm³/mol. The molecule has 2 aromatic rings. The molecule has 0 fully saturated rings. The second-order valence-corrected chi connectivity index (χ2v) is 7.27.